The maximum Gasteiger partial charge on any atom is 0.435 e. The number of carbonyl (C=O) groups excluding carboxylic acids is 1. The third kappa shape index (κ3) is 6.19. The van der Waals surface area contributed by atoms with Gasteiger partial charge in [-0.25, -0.2) is 9.07 Å². The first-order valence-corrected chi connectivity index (χ1v) is 13.9. The van der Waals surface area contributed by atoms with Crippen LogP contribution >= 0.6 is 0 Å². The number of rotatable bonds is 7. The molecule has 1 aliphatic rings. The van der Waals surface area contributed by atoms with E-state index in [-0.39, 0.29) is 11.4 Å². The molecular formula is C33H27F4N5O. The summed E-state index contributed by atoms with van der Waals surface area (Å²) < 4.78 is 57.3. The fraction of sp³-hybridized carbons (Fsp3) is 0.182. The van der Waals surface area contributed by atoms with Crippen LogP contribution in [0.5, 0.6) is 0 Å². The van der Waals surface area contributed by atoms with Gasteiger partial charge in [0.15, 0.2) is 5.69 Å². The van der Waals surface area contributed by atoms with Crippen molar-refractivity contribution in [3.05, 3.63) is 120 Å². The molecule has 0 aliphatic carbocycles. The molecule has 1 amide bonds. The molecule has 1 saturated heterocycles. The lowest BCUT2D eigenvalue weighted by atomic mass is 9.99. The second kappa shape index (κ2) is 11.8. The van der Waals surface area contributed by atoms with E-state index in [2.05, 4.69) is 20.3 Å². The van der Waals surface area contributed by atoms with Gasteiger partial charge in [-0.2, -0.15) is 18.3 Å². The Balaban J connectivity index is 1.30. The molecule has 3 heterocycles. The van der Waals surface area contributed by atoms with Gasteiger partial charge in [-0.1, -0.05) is 48.5 Å². The summed E-state index contributed by atoms with van der Waals surface area (Å²) in [5.41, 5.74) is 2.44. The molecule has 1 fully saturated rings. The molecule has 1 aliphatic heterocycles. The van der Waals surface area contributed by atoms with Gasteiger partial charge < -0.3 is 5.32 Å². The number of hydrogen-bond donors (Lipinski definition) is 1. The molecule has 6 nitrogen and oxygen atoms in total. The SMILES string of the molecule is O=C(Nc1ccc(-c2ccccc2CN2CCCC2)cc1F)c1cc(C(F)(F)F)nn1-c1cccc(-c2cccnc2)c1. The van der Waals surface area contributed by atoms with Crippen molar-refractivity contribution >= 4 is 11.6 Å². The summed E-state index contributed by atoms with van der Waals surface area (Å²) in [6.45, 7) is 2.80. The van der Waals surface area contributed by atoms with E-state index < -0.39 is 29.3 Å². The molecule has 2 aromatic heterocycles. The molecule has 218 valence electrons. The van der Waals surface area contributed by atoms with Gasteiger partial charge >= 0.3 is 6.18 Å². The van der Waals surface area contributed by atoms with Crippen LogP contribution in [-0.4, -0.2) is 38.7 Å². The van der Waals surface area contributed by atoms with Crippen molar-refractivity contribution in [1.29, 1.82) is 0 Å². The number of aromatic nitrogens is 3. The van der Waals surface area contributed by atoms with Crippen molar-refractivity contribution in [3.8, 4) is 27.9 Å². The van der Waals surface area contributed by atoms with Gasteiger partial charge in [0, 0.05) is 30.6 Å². The summed E-state index contributed by atoms with van der Waals surface area (Å²) in [6.07, 6.45) is 0.748. The van der Waals surface area contributed by atoms with Crippen LogP contribution in [0.25, 0.3) is 27.9 Å². The van der Waals surface area contributed by atoms with E-state index in [0.717, 1.165) is 53.8 Å². The third-order valence-electron chi connectivity index (χ3n) is 7.46. The highest BCUT2D eigenvalue weighted by Crippen LogP contribution is 2.32. The normalized spacial score (nSPS) is 13.8. The first-order valence-electron chi connectivity index (χ1n) is 13.9. The number of carbonyl (C=O) groups is 1. The van der Waals surface area contributed by atoms with Crippen LogP contribution in [0.3, 0.4) is 0 Å². The summed E-state index contributed by atoms with van der Waals surface area (Å²) in [4.78, 5) is 19.8. The standard InChI is InChI=1S/C33H27F4N5O/c34-28-18-23(27-11-2-1-7-25(27)21-41-15-3-4-16-41)12-13-29(28)39-32(43)30-19-31(33(35,36)37)40-42(30)26-10-5-8-22(17-26)24-9-6-14-38-20-24/h1-2,5-14,17-20H,3-4,15-16,21H2,(H,39,43). The second-order valence-electron chi connectivity index (χ2n) is 10.4. The maximum absolute atomic E-state index is 15.4. The van der Waals surface area contributed by atoms with E-state index in [1.165, 1.54) is 12.1 Å². The zero-order valence-corrected chi connectivity index (χ0v) is 23.0. The number of likely N-dealkylation sites (tertiary alicyclic amines) is 1. The molecule has 0 bridgehead atoms. The Kier molecular flexibility index (Phi) is 7.77. The van der Waals surface area contributed by atoms with Gasteiger partial charge in [-0.05, 0) is 78.5 Å². The molecule has 0 saturated carbocycles. The smallest absolute Gasteiger partial charge is 0.318 e. The molecule has 0 atom stereocenters. The zero-order chi connectivity index (χ0) is 30.0. The fourth-order valence-corrected chi connectivity index (χ4v) is 5.32. The lowest BCUT2D eigenvalue weighted by Crippen LogP contribution is -2.19. The Labute approximate surface area is 245 Å². The van der Waals surface area contributed by atoms with Crippen molar-refractivity contribution in [2.45, 2.75) is 25.6 Å². The monoisotopic (exact) mass is 585 g/mol. The van der Waals surface area contributed by atoms with Gasteiger partial charge in [-0.3, -0.25) is 14.7 Å². The highest BCUT2D eigenvalue weighted by atomic mass is 19.4. The number of amides is 1. The van der Waals surface area contributed by atoms with Gasteiger partial charge in [0.1, 0.15) is 11.5 Å². The van der Waals surface area contributed by atoms with Crippen molar-refractivity contribution in [3.63, 3.8) is 0 Å². The number of hydrogen-bond acceptors (Lipinski definition) is 4. The van der Waals surface area contributed by atoms with Gasteiger partial charge in [0.2, 0.25) is 0 Å². The fourth-order valence-electron chi connectivity index (χ4n) is 5.32. The van der Waals surface area contributed by atoms with E-state index in [4.69, 9.17) is 0 Å². The van der Waals surface area contributed by atoms with Crippen molar-refractivity contribution < 1.29 is 22.4 Å². The summed E-state index contributed by atoms with van der Waals surface area (Å²) in [7, 11) is 0. The zero-order valence-electron chi connectivity index (χ0n) is 23.0. The minimum Gasteiger partial charge on any atom is -0.318 e. The lowest BCUT2D eigenvalue weighted by molar-refractivity contribution is -0.141. The summed E-state index contributed by atoms with van der Waals surface area (Å²) in [5, 5.41) is 6.13. The molecular weight excluding hydrogens is 558 g/mol. The molecule has 1 N–H and O–H groups in total. The topological polar surface area (TPSA) is 63.1 Å². The molecule has 5 aromatic rings. The van der Waals surface area contributed by atoms with Crippen LogP contribution in [0.2, 0.25) is 0 Å². The Morgan fingerprint density at radius 2 is 1.65 bits per heavy atom. The maximum atomic E-state index is 15.4. The number of pyridine rings is 1. The summed E-state index contributed by atoms with van der Waals surface area (Å²) >= 11 is 0. The predicted molar refractivity (Wildman–Crippen MR) is 156 cm³/mol. The van der Waals surface area contributed by atoms with Crippen molar-refractivity contribution in [1.82, 2.24) is 19.7 Å². The van der Waals surface area contributed by atoms with Crippen LogP contribution in [-0.2, 0) is 12.7 Å². The molecule has 0 radical (unpaired) electrons. The number of nitrogens with zero attached hydrogens (tertiary/aromatic N) is 4. The Morgan fingerprint density at radius 1 is 0.860 bits per heavy atom. The van der Waals surface area contributed by atoms with Crippen molar-refractivity contribution in [2.24, 2.45) is 0 Å². The van der Waals surface area contributed by atoms with E-state index in [0.29, 0.717) is 17.2 Å². The van der Waals surface area contributed by atoms with Crippen LogP contribution in [0, 0.1) is 5.82 Å². The highest BCUT2D eigenvalue weighted by molar-refractivity contribution is 6.03. The number of nitrogens with one attached hydrogen (secondary N) is 1. The van der Waals surface area contributed by atoms with Crippen LogP contribution < -0.4 is 5.32 Å². The average molecular weight is 586 g/mol. The molecule has 10 heteroatoms. The third-order valence-corrected chi connectivity index (χ3v) is 7.46. The van der Waals surface area contributed by atoms with Gasteiger partial charge in [0.25, 0.3) is 5.91 Å². The van der Waals surface area contributed by atoms with Gasteiger partial charge in [0.05, 0.1) is 11.4 Å². The van der Waals surface area contributed by atoms with E-state index in [1.54, 1.807) is 54.9 Å². The quantitative estimate of drug-likeness (QED) is 0.200. The molecule has 0 spiro atoms. The first-order chi connectivity index (χ1) is 20.8. The van der Waals surface area contributed by atoms with Crippen LogP contribution in [0.15, 0.2) is 97.3 Å². The Morgan fingerprint density at radius 3 is 2.40 bits per heavy atom. The number of benzene rings is 3. The summed E-state index contributed by atoms with van der Waals surface area (Å²) in [6, 6.07) is 23.0. The lowest BCUT2D eigenvalue weighted by Gasteiger charge is -2.18. The highest BCUT2D eigenvalue weighted by Gasteiger charge is 2.36. The Bertz CT molecular complexity index is 1760. The minimum absolute atomic E-state index is 0.156. The molecule has 3 aromatic carbocycles. The van der Waals surface area contributed by atoms with Crippen molar-refractivity contribution in [2.75, 3.05) is 18.4 Å². The molecule has 6 rings (SSSR count). The van der Waals surface area contributed by atoms with E-state index in [9.17, 15) is 18.0 Å². The molecule has 43 heavy (non-hydrogen) atoms. The first kappa shape index (κ1) is 28.3. The van der Waals surface area contributed by atoms with E-state index >= 15 is 4.39 Å². The predicted octanol–water partition coefficient (Wildman–Crippen LogP) is 7.61. The second-order valence-corrected chi connectivity index (χ2v) is 10.4. The number of halogens is 4. The largest absolute Gasteiger partial charge is 0.435 e. The summed E-state index contributed by atoms with van der Waals surface area (Å²) in [5.74, 6) is -1.64. The van der Waals surface area contributed by atoms with Crippen LogP contribution in [0.1, 0.15) is 34.6 Å². The van der Waals surface area contributed by atoms with E-state index in [1.807, 2.05) is 24.3 Å². The Hall–Kier alpha value is -4.83. The van der Waals surface area contributed by atoms with Gasteiger partial charge in [-0.15, -0.1) is 0 Å². The number of alkyl halides is 3. The van der Waals surface area contributed by atoms with Crippen LogP contribution in [0.4, 0.5) is 23.2 Å². The molecule has 0 unspecified atom stereocenters. The minimum atomic E-state index is -4.80. The number of anilines is 1. The average Bonchev–Trinajstić information content (AvgIpc) is 3.70.